The van der Waals surface area contributed by atoms with Crippen LogP contribution in [0, 0.1) is 0 Å². The zero-order valence-corrected chi connectivity index (χ0v) is 11.3. The molecule has 17 heavy (non-hydrogen) atoms. The number of carbonyl (C=O) groups is 1. The van der Waals surface area contributed by atoms with Crippen LogP contribution in [0.5, 0.6) is 0 Å². The van der Waals surface area contributed by atoms with Crippen LogP contribution in [-0.2, 0) is 0 Å². The van der Waals surface area contributed by atoms with Crippen molar-refractivity contribution in [2.45, 2.75) is 38.3 Å². The second-order valence-electron chi connectivity index (χ2n) is 4.20. The van der Waals surface area contributed by atoms with Gasteiger partial charge in [0.15, 0.2) is 0 Å². The molecule has 2 atom stereocenters. The molecule has 1 aliphatic heterocycles. The maximum Gasteiger partial charge on any atom is 0.267 e. The van der Waals surface area contributed by atoms with Gasteiger partial charge in [-0.25, -0.2) is 0 Å². The van der Waals surface area contributed by atoms with E-state index in [1.807, 2.05) is 11.8 Å². The molecule has 5 nitrogen and oxygen atoms in total. The van der Waals surface area contributed by atoms with Gasteiger partial charge in [0.05, 0.1) is 6.20 Å². The van der Waals surface area contributed by atoms with Crippen LogP contribution in [0.15, 0.2) is 6.20 Å². The number of likely N-dealkylation sites (tertiary alicyclic amines) is 1. The number of nitrogens with two attached hydrogens (primary N) is 1. The number of rotatable bonds is 2. The molecular formula is C10H17ClN4OS. The van der Waals surface area contributed by atoms with E-state index in [2.05, 4.69) is 9.59 Å². The number of carbonyl (C=O) groups excluding carboxylic acids is 1. The lowest BCUT2D eigenvalue weighted by Gasteiger charge is -2.37. The van der Waals surface area contributed by atoms with E-state index in [9.17, 15) is 4.79 Å². The van der Waals surface area contributed by atoms with Crippen LogP contribution in [-0.4, -0.2) is 39.0 Å². The Hall–Kier alpha value is -0.720. The minimum Gasteiger partial charge on any atom is -0.333 e. The van der Waals surface area contributed by atoms with Crippen molar-refractivity contribution < 1.29 is 4.79 Å². The molecule has 0 saturated carbocycles. The molecule has 2 N–H and O–H groups in total. The minimum atomic E-state index is 0. The zero-order valence-electron chi connectivity index (χ0n) is 9.70. The molecule has 96 valence electrons. The van der Waals surface area contributed by atoms with Crippen molar-refractivity contribution in [3.8, 4) is 0 Å². The van der Waals surface area contributed by atoms with Gasteiger partial charge < -0.3 is 10.6 Å². The number of hydrogen-bond acceptors (Lipinski definition) is 5. The van der Waals surface area contributed by atoms with Crippen LogP contribution >= 0.6 is 23.9 Å². The lowest BCUT2D eigenvalue weighted by Crippen LogP contribution is -2.51. The Morgan fingerprint density at radius 1 is 1.65 bits per heavy atom. The molecule has 0 bridgehead atoms. The van der Waals surface area contributed by atoms with Crippen molar-refractivity contribution in [1.82, 2.24) is 14.5 Å². The van der Waals surface area contributed by atoms with Gasteiger partial charge in [0.25, 0.3) is 5.91 Å². The number of amides is 1. The van der Waals surface area contributed by atoms with Crippen LogP contribution in [0.25, 0.3) is 0 Å². The predicted octanol–water partition coefficient (Wildman–Crippen LogP) is 1.30. The average molecular weight is 277 g/mol. The predicted molar refractivity (Wildman–Crippen MR) is 69.5 cm³/mol. The normalized spacial score (nSPS) is 21.8. The largest absolute Gasteiger partial charge is 0.333 e. The molecule has 1 aliphatic rings. The molecule has 1 aromatic rings. The number of halogens is 1. The first kappa shape index (κ1) is 14.3. The quantitative estimate of drug-likeness (QED) is 0.884. The van der Waals surface area contributed by atoms with E-state index in [4.69, 9.17) is 5.73 Å². The van der Waals surface area contributed by atoms with Crippen LogP contribution in [0.1, 0.15) is 35.9 Å². The van der Waals surface area contributed by atoms with Gasteiger partial charge in [0.2, 0.25) is 0 Å². The lowest BCUT2D eigenvalue weighted by molar-refractivity contribution is 0.0588. The Morgan fingerprint density at radius 3 is 3.00 bits per heavy atom. The molecule has 2 unspecified atom stereocenters. The van der Waals surface area contributed by atoms with Crippen molar-refractivity contribution in [2.75, 3.05) is 6.54 Å². The van der Waals surface area contributed by atoms with Crippen molar-refractivity contribution in [3.63, 3.8) is 0 Å². The Bertz CT molecular complexity index is 357. The number of piperidine rings is 1. The van der Waals surface area contributed by atoms with E-state index in [-0.39, 0.29) is 30.4 Å². The molecule has 1 amide bonds. The van der Waals surface area contributed by atoms with E-state index in [0.717, 1.165) is 37.3 Å². The fourth-order valence-corrected chi connectivity index (χ4v) is 2.63. The summed E-state index contributed by atoms with van der Waals surface area (Å²) in [6.45, 7) is 2.75. The van der Waals surface area contributed by atoms with Crippen molar-refractivity contribution in [2.24, 2.45) is 5.73 Å². The van der Waals surface area contributed by atoms with Gasteiger partial charge in [0, 0.05) is 18.6 Å². The summed E-state index contributed by atoms with van der Waals surface area (Å²) in [7, 11) is 0. The zero-order chi connectivity index (χ0) is 11.5. The average Bonchev–Trinajstić information content (AvgIpc) is 2.81. The third kappa shape index (κ3) is 3.14. The molecule has 1 aromatic heterocycles. The smallest absolute Gasteiger partial charge is 0.267 e. The molecule has 2 rings (SSSR count). The Balaban J connectivity index is 0.00000144. The van der Waals surface area contributed by atoms with Crippen LogP contribution < -0.4 is 5.73 Å². The summed E-state index contributed by atoms with van der Waals surface area (Å²) >= 11 is 1.15. The first-order chi connectivity index (χ1) is 7.70. The summed E-state index contributed by atoms with van der Waals surface area (Å²) < 4.78 is 3.72. The van der Waals surface area contributed by atoms with E-state index in [1.54, 1.807) is 0 Å². The van der Waals surface area contributed by atoms with E-state index >= 15 is 0 Å². The highest BCUT2D eigenvalue weighted by Crippen LogP contribution is 2.21. The van der Waals surface area contributed by atoms with Crippen LogP contribution in [0.2, 0.25) is 0 Å². The van der Waals surface area contributed by atoms with Crippen molar-refractivity contribution in [1.29, 1.82) is 0 Å². The second-order valence-corrected chi connectivity index (χ2v) is 4.99. The molecule has 0 spiro atoms. The van der Waals surface area contributed by atoms with Gasteiger partial charge in [-0.3, -0.25) is 4.79 Å². The lowest BCUT2D eigenvalue weighted by atomic mass is 9.97. The first-order valence-electron chi connectivity index (χ1n) is 5.54. The molecule has 0 aromatic carbocycles. The Kier molecular flexibility index (Phi) is 5.30. The van der Waals surface area contributed by atoms with Crippen LogP contribution in [0.4, 0.5) is 0 Å². The van der Waals surface area contributed by atoms with E-state index in [0.29, 0.717) is 4.88 Å². The molecular weight excluding hydrogens is 260 g/mol. The highest BCUT2D eigenvalue weighted by Gasteiger charge is 2.30. The standard InChI is InChI=1S/C10H16N4OS.ClH/c1-7(11)8-4-2-3-5-14(8)10(15)9-6-12-13-16-9;/h6-8H,2-5,11H2,1H3;1H. The summed E-state index contributed by atoms with van der Waals surface area (Å²) in [5, 5.41) is 3.70. The van der Waals surface area contributed by atoms with Gasteiger partial charge >= 0.3 is 0 Å². The summed E-state index contributed by atoms with van der Waals surface area (Å²) in [5.41, 5.74) is 5.93. The molecule has 0 aliphatic carbocycles. The summed E-state index contributed by atoms with van der Waals surface area (Å²) in [4.78, 5) is 14.7. The van der Waals surface area contributed by atoms with Gasteiger partial charge in [-0.2, -0.15) is 0 Å². The summed E-state index contributed by atoms with van der Waals surface area (Å²) in [6.07, 6.45) is 4.73. The number of nitrogens with zero attached hydrogens (tertiary/aromatic N) is 3. The first-order valence-corrected chi connectivity index (χ1v) is 6.31. The number of hydrogen-bond donors (Lipinski definition) is 1. The second kappa shape index (κ2) is 6.28. The van der Waals surface area contributed by atoms with Crippen LogP contribution in [0.3, 0.4) is 0 Å². The SMILES string of the molecule is CC(N)C1CCCCN1C(=O)c1cnns1.Cl. The Morgan fingerprint density at radius 2 is 2.41 bits per heavy atom. The van der Waals surface area contributed by atoms with E-state index in [1.165, 1.54) is 6.20 Å². The highest BCUT2D eigenvalue weighted by atomic mass is 35.5. The maximum absolute atomic E-state index is 12.2. The topological polar surface area (TPSA) is 72.1 Å². The van der Waals surface area contributed by atoms with E-state index < -0.39 is 0 Å². The summed E-state index contributed by atoms with van der Waals surface area (Å²) in [6, 6.07) is 0.175. The number of aromatic nitrogens is 2. The van der Waals surface area contributed by atoms with Gasteiger partial charge in [0.1, 0.15) is 4.88 Å². The fourth-order valence-electron chi connectivity index (χ4n) is 2.16. The third-order valence-electron chi connectivity index (χ3n) is 2.99. The minimum absolute atomic E-state index is 0. The van der Waals surface area contributed by atoms with Gasteiger partial charge in [-0.1, -0.05) is 4.49 Å². The van der Waals surface area contributed by atoms with Gasteiger partial charge in [-0.05, 0) is 37.7 Å². The fraction of sp³-hybridized carbons (Fsp3) is 0.700. The summed E-state index contributed by atoms with van der Waals surface area (Å²) in [5.74, 6) is 0.0250. The molecule has 2 heterocycles. The molecule has 7 heteroatoms. The Labute approximate surface area is 111 Å². The highest BCUT2D eigenvalue weighted by molar-refractivity contribution is 7.07. The molecule has 1 fully saturated rings. The maximum atomic E-state index is 12.2. The van der Waals surface area contributed by atoms with Crippen molar-refractivity contribution in [3.05, 3.63) is 11.1 Å². The molecule has 1 saturated heterocycles. The van der Waals surface area contributed by atoms with Crippen molar-refractivity contribution >= 4 is 29.8 Å². The monoisotopic (exact) mass is 276 g/mol. The van der Waals surface area contributed by atoms with Gasteiger partial charge in [-0.15, -0.1) is 17.5 Å². The molecule has 0 radical (unpaired) electrons. The third-order valence-corrected chi connectivity index (χ3v) is 3.64.